The Morgan fingerprint density at radius 2 is 2.04 bits per heavy atom. The van der Waals surface area contributed by atoms with Gasteiger partial charge in [-0.3, -0.25) is 0 Å². The van der Waals surface area contributed by atoms with E-state index in [0.717, 1.165) is 13.0 Å². The maximum absolute atomic E-state index is 13.5. The lowest BCUT2D eigenvalue weighted by Gasteiger charge is -2.32. The Balaban J connectivity index is 0.00000243. The molecule has 6 nitrogen and oxygen atoms in total. The average molecular weight is 400 g/mol. The van der Waals surface area contributed by atoms with Crippen molar-refractivity contribution in [2.75, 3.05) is 26.7 Å². The fourth-order valence-corrected chi connectivity index (χ4v) is 5.41. The fourth-order valence-electron chi connectivity index (χ4n) is 3.41. The van der Waals surface area contributed by atoms with Gasteiger partial charge in [-0.05, 0) is 37.1 Å². The second kappa shape index (κ2) is 8.52. The Kier molecular flexibility index (Phi) is 6.85. The number of methoxy groups -OCH3 is 1. The van der Waals surface area contributed by atoms with Crippen LogP contribution in [0, 0.1) is 5.92 Å². The third-order valence-electron chi connectivity index (χ3n) is 4.73. The molecular weight excluding hydrogens is 374 g/mol. The van der Waals surface area contributed by atoms with Gasteiger partial charge in [-0.25, -0.2) is 13.4 Å². The van der Waals surface area contributed by atoms with Gasteiger partial charge >= 0.3 is 0 Å². The molecule has 1 saturated heterocycles. The van der Waals surface area contributed by atoms with Gasteiger partial charge in [-0.1, -0.05) is 19.9 Å². The molecule has 144 valence electrons. The molecule has 26 heavy (non-hydrogen) atoms. The average Bonchev–Trinajstić information content (AvgIpc) is 2.87. The molecule has 8 heteroatoms. The molecule has 0 bridgehead atoms. The van der Waals surface area contributed by atoms with Crippen LogP contribution in [-0.4, -0.2) is 50.5 Å². The van der Waals surface area contributed by atoms with Crippen molar-refractivity contribution in [3.05, 3.63) is 30.5 Å². The highest BCUT2D eigenvalue weighted by Gasteiger charge is 2.35. The molecule has 1 N–H and O–H groups in total. The summed E-state index contributed by atoms with van der Waals surface area (Å²) in [5.41, 5.74) is 0. The van der Waals surface area contributed by atoms with Crippen LogP contribution in [0.4, 0.5) is 0 Å². The number of ether oxygens (including phenoxy) is 1. The normalized spacial score (nSPS) is 19.2. The molecule has 1 atom stereocenters. The Hall–Kier alpha value is -1.41. The van der Waals surface area contributed by atoms with E-state index in [2.05, 4.69) is 24.1 Å². The summed E-state index contributed by atoms with van der Waals surface area (Å²) >= 11 is 0. The topological polar surface area (TPSA) is 71.5 Å². The lowest BCUT2D eigenvalue weighted by molar-refractivity contribution is 0.271. The van der Waals surface area contributed by atoms with Crippen LogP contribution in [-0.2, 0) is 10.0 Å². The number of halogens is 1. The fraction of sp³-hybridized carbons (Fsp3) is 0.500. The van der Waals surface area contributed by atoms with Crippen molar-refractivity contribution < 1.29 is 13.2 Å². The van der Waals surface area contributed by atoms with Crippen LogP contribution in [0.1, 0.15) is 20.3 Å². The second-order valence-electron chi connectivity index (χ2n) is 6.66. The highest BCUT2D eigenvalue weighted by Crippen LogP contribution is 2.32. The van der Waals surface area contributed by atoms with E-state index in [9.17, 15) is 8.42 Å². The first-order valence-electron chi connectivity index (χ1n) is 8.61. The molecule has 1 aromatic carbocycles. The van der Waals surface area contributed by atoms with Crippen LogP contribution in [0.2, 0.25) is 0 Å². The minimum atomic E-state index is -3.62. The van der Waals surface area contributed by atoms with Crippen molar-refractivity contribution in [3.63, 3.8) is 0 Å². The van der Waals surface area contributed by atoms with Crippen LogP contribution in [0.5, 0.6) is 5.88 Å². The van der Waals surface area contributed by atoms with Gasteiger partial charge in [0.25, 0.3) is 0 Å². The number of fused-ring (bicyclic) bond motifs is 1. The quantitative estimate of drug-likeness (QED) is 0.855. The molecule has 2 aromatic rings. The summed E-state index contributed by atoms with van der Waals surface area (Å²) in [4.78, 5) is 4.50. The minimum absolute atomic E-state index is 0. The Morgan fingerprint density at radius 3 is 2.73 bits per heavy atom. The van der Waals surface area contributed by atoms with Crippen LogP contribution < -0.4 is 10.1 Å². The molecule has 0 amide bonds. The Bertz CT molecular complexity index is 858. The number of hydrogen-bond acceptors (Lipinski definition) is 5. The molecule has 0 unspecified atom stereocenters. The van der Waals surface area contributed by atoms with Gasteiger partial charge in [-0.15, -0.1) is 12.4 Å². The lowest BCUT2D eigenvalue weighted by Crippen LogP contribution is -2.46. The molecule has 0 aliphatic carbocycles. The number of nitrogens with one attached hydrogen (secondary N) is 1. The van der Waals surface area contributed by atoms with Gasteiger partial charge in [0.15, 0.2) is 0 Å². The van der Waals surface area contributed by atoms with E-state index in [1.165, 1.54) is 7.11 Å². The van der Waals surface area contributed by atoms with Gasteiger partial charge in [0, 0.05) is 36.1 Å². The number of pyridine rings is 1. The third kappa shape index (κ3) is 3.81. The van der Waals surface area contributed by atoms with Gasteiger partial charge in [0.1, 0.15) is 0 Å². The lowest BCUT2D eigenvalue weighted by atomic mass is 10.1. The van der Waals surface area contributed by atoms with Gasteiger partial charge < -0.3 is 10.1 Å². The van der Waals surface area contributed by atoms with Crippen molar-refractivity contribution >= 4 is 33.2 Å². The molecular formula is C18H26ClN3O3S. The molecule has 1 aromatic heterocycles. The summed E-state index contributed by atoms with van der Waals surface area (Å²) in [6.45, 7) is 6.16. The van der Waals surface area contributed by atoms with E-state index in [0.29, 0.717) is 34.6 Å². The largest absolute Gasteiger partial charge is 0.481 e. The molecule has 3 rings (SSSR count). The summed E-state index contributed by atoms with van der Waals surface area (Å²) in [6.07, 6.45) is 2.39. The first-order chi connectivity index (χ1) is 12.0. The maximum Gasteiger partial charge on any atom is 0.243 e. The molecule has 1 aliphatic heterocycles. The van der Waals surface area contributed by atoms with Crippen LogP contribution >= 0.6 is 12.4 Å². The zero-order chi connectivity index (χ0) is 18.0. The monoisotopic (exact) mass is 399 g/mol. The zero-order valence-electron chi connectivity index (χ0n) is 15.3. The molecule has 0 saturated carbocycles. The number of nitrogens with zero attached hydrogens (tertiary/aromatic N) is 2. The minimum Gasteiger partial charge on any atom is -0.481 e. The van der Waals surface area contributed by atoms with Crippen molar-refractivity contribution in [3.8, 4) is 5.88 Å². The number of rotatable bonds is 4. The number of hydrogen-bond donors (Lipinski definition) is 1. The Morgan fingerprint density at radius 1 is 1.27 bits per heavy atom. The van der Waals surface area contributed by atoms with Crippen molar-refractivity contribution in [1.82, 2.24) is 14.6 Å². The van der Waals surface area contributed by atoms with Gasteiger partial charge in [0.05, 0.1) is 12.0 Å². The maximum atomic E-state index is 13.5. The van der Waals surface area contributed by atoms with Gasteiger partial charge in [-0.2, -0.15) is 4.31 Å². The SMILES string of the molecule is COc1nccc2c(S(=O)(=O)N3CCCNC[C@H]3C(C)C)cccc12.Cl. The molecule has 0 radical (unpaired) electrons. The van der Waals surface area contributed by atoms with Crippen molar-refractivity contribution in [2.24, 2.45) is 5.92 Å². The Labute approximate surface area is 161 Å². The van der Waals surface area contributed by atoms with Crippen LogP contribution in [0.25, 0.3) is 10.8 Å². The summed E-state index contributed by atoms with van der Waals surface area (Å²) < 4.78 is 34.0. The zero-order valence-corrected chi connectivity index (χ0v) is 16.9. The molecule has 1 aliphatic rings. The number of sulfonamides is 1. The number of aromatic nitrogens is 1. The summed E-state index contributed by atoms with van der Waals surface area (Å²) in [7, 11) is -2.08. The number of benzene rings is 1. The van der Waals surface area contributed by atoms with E-state index in [1.54, 1.807) is 28.7 Å². The molecule has 2 heterocycles. The first-order valence-corrected chi connectivity index (χ1v) is 10.0. The van der Waals surface area contributed by atoms with Crippen molar-refractivity contribution in [1.29, 1.82) is 0 Å². The highest BCUT2D eigenvalue weighted by molar-refractivity contribution is 7.89. The van der Waals surface area contributed by atoms with E-state index >= 15 is 0 Å². The molecule has 1 fully saturated rings. The predicted octanol–water partition coefficient (Wildman–Crippen LogP) is 2.67. The van der Waals surface area contributed by atoms with Crippen molar-refractivity contribution in [2.45, 2.75) is 31.2 Å². The summed E-state index contributed by atoms with van der Waals surface area (Å²) in [5, 5.41) is 4.71. The summed E-state index contributed by atoms with van der Waals surface area (Å²) in [5.74, 6) is 0.666. The molecule has 0 spiro atoms. The van der Waals surface area contributed by atoms with E-state index in [-0.39, 0.29) is 24.4 Å². The third-order valence-corrected chi connectivity index (χ3v) is 6.72. The highest BCUT2D eigenvalue weighted by atomic mass is 35.5. The smallest absolute Gasteiger partial charge is 0.243 e. The van der Waals surface area contributed by atoms with Crippen LogP contribution in [0.3, 0.4) is 0 Å². The van der Waals surface area contributed by atoms with E-state index in [4.69, 9.17) is 4.74 Å². The van der Waals surface area contributed by atoms with E-state index < -0.39 is 10.0 Å². The van der Waals surface area contributed by atoms with E-state index in [1.807, 2.05) is 6.07 Å². The van der Waals surface area contributed by atoms with Gasteiger partial charge in [0.2, 0.25) is 15.9 Å². The summed E-state index contributed by atoms with van der Waals surface area (Å²) in [6, 6.07) is 6.94. The second-order valence-corrected chi connectivity index (χ2v) is 8.52. The first kappa shape index (κ1) is 20.9. The standard InChI is InChI=1S/C18H25N3O3S.ClH/c1-13(2)16-12-19-9-5-11-21(16)25(22,23)17-7-4-6-15-14(17)8-10-20-18(15)24-3;/h4,6-8,10,13,16,19H,5,9,11-12H2,1-3H3;1H/t16-;/m0./s1. The predicted molar refractivity (Wildman–Crippen MR) is 106 cm³/mol. The van der Waals surface area contributed by atoms with Crippen LogP contribution in [0.15, 0.2) is 35.4 Å².